The van der Waals surface area contributed by atoms with Crippen molar-refractivity contribution in [2.45, 2.75) is 45.5 Å². The van der Waals surface area contributed by atoms with Crippen LogP contribution in [0.2, 0.25) is 0 Å². The first-order chi connectivity index (χ1) is 8.11. The summed E-state index contributed by atoms with van der Waals surface area (Å²) < 4.78 is 5.62. The number of thiophene rings is 1. The standard InChI is InChI=1S/C13H22N2OS/c1-9-13(4-5-16-9)15(3)8-11-6-12(7-14)17-10(11)2/h6,9,13H,4-5,7-8,14H2,1-3H3. The number of nitrogens with two attached hydrogens (primary N) is 1. The van der Waals surface area contributed by atoms with E-state index < -0.39 is 0 Å². The highest BCUT2D eigenvalue weighted by Gasteiger charge is 2.28. The van der Waals surface area contributed by atoms with Crippen LogP contribution in [-0.4, -0.2) is 30.7 Å². The van der Waals surface area contributed by atoms with Gasteiger partial charge in [0.1, 0.15) is 0 Å². The van der Waals surface area contributed by atoms with E-state index in [1.165, 1.54) is 15.3 Å². The summed E-state index contributed by atoms with van der Waals surface area (Å²) in [6, 6.07) is 2.80. The second-order valence-electron chi connectivity index (χ2n) is 4.85. The Kier molecular flexibility index (Phi) is 4.20. The van der Waals surface area contributed by atoms with Crippen molar-refractivity contribution in [2.75, 3.05) is 13.7 Å². The van der Waals surface area contributed by atoms with Crippen molar-refractivity contribution >= 4 is 11.3 Å². The second-order valence-corrected chi connectivity index (χ2v) is 6.19. The molecule has 2 atom stereocenters. The zero-order valence-electron chi connectivity index (χ0n) is 10.9. The molecule has 1 saturated heterocycles. The summed E-state index contributed by atoms with van der Waals surface area (Å²) in [5, 5.41) is 0. The molecule has 0 aromatic carbocycles. The third-order valence-electron chi connectivity index (χ3n) is 3.59. The van der Waals surface area contributed by atoms with Gasteiger partial charge < -0.3 is 10.5 Å². The summed E-state index contributed by atoms with van der Waals surface area (Å²) in [4.78, 5) is 5.08. The molecule has 0 amide bonds. The fraction of sp³-hybridized carbons (Fsp3) is 0.692. The minimum Gasteiger partial charge on any atom is -0.377 e. The van der Waals surface area contributed by atoms with Crippen LogP contribution in [0.5, 0.6) is 0 Å². The van der Waals surface area contributed by atoms with Crippen molar-refractivity contribution < 1.29 is 4.74 Å². The number of rotatable bonds is 4. The van der Waals surface area contributed by atoms with E-state index in [2.05, 4.69) is 31.9 Å². The van der Waals surface area contributed by atoms with Crippen molar-refractivity contribution in [1.82, 2.24) is 4.90 Å². The van der Waals surface area contributed by atoms with Gasteiger partial charge in [-0.1, -0.05) is 0 Å². The van der Waals surface area contributed by atoms with Gasteiger partial charge in [-0.3, -0.25) is 4.90 Å². The molecule has 1 aliphatic rings. The summed E-state index contributed by atoms with van der Waals surface area (Å²) in [5.41, 5.74) is 7.10. The van der Waals surface area contributed by atoms with Crippen LogP contribution in [0, 0.1) is 6.92 Å². The van der Waals surface area contributed by atoms with Crippen LogP contribution >= 0.6 is 11.3 Å². The smallest absolute Gasteiger partial charge is 0.0703 e. The third kappa shape index (κ3) is 2.88. The van der Waals surface area contributed by atoms with Crippen molar-refractivity contribution in [3.8, 4) is 0 Å². The normalized spacial score (nSPS) is 24.8. The molecule has 2 heterocycles. The lowest BCUT2D eigenvalue weighted by molar-refractivity contribution is 0.0814. The average molecular weight is 254 g/mol. The zero-order chi connectivity index (χ0) is 12.4. The molecule has 1 aliphatic heterocycles. The Morgan fingerprint density at radius 3 is 2.88 bits per heavy atom. The first kappa shape index (κ1) is 13.0. The Bertz CT molecular complexity index is 377. The first-order valence-corrected chi connectivity index (χ1v) is 7.03. The molecule has 0 spiro atoms. The van der Waals surface area contributed by atoms with Crippen LogP contribution in [0.25, 0.3) is 0 Å². The number of likely N-dealkylation sites (N-methyl/N-ethyl adjacent to an activating group) is 1. The predicted octanol–water partition coefficient (Wildman–Crippen LogP) is 2.12. The lowest BCUT2D eigenvalue weighted by Crippen LogP contribution is -2.36. The van der Waals surface area contributed by atoms with Gasteiger partial charge in [0.25, 0.3) is 0 Å². The molecule has 96 valence electrons. The van der Waals surface area contributed by atoms with Crippen molar-refractivity contribution in [1.29, 1.82) is 0 Å². The van der Waals surface area contributed by atoms with Crippen molar-refractivity contribution in [3.05, 3.63) is 21.4 Å². The fourth-order valence-electron chi connectivity index (χ4n) is 2.53. The van der Waals surface area contributed by atoms with Gasteiger partial charge in [-0.2, -0.15) is 0 Å². The Balaban J connectivity index is 2.01. The summed E-state index contributed by atoms with van der Waals surface area (Å²) in [5.74, 6) is 0. The van der Waals surface area contributed by atoms with E-state index in [0.717, 1.165) is 19.6 Å². The number of hydrogen-bond acceptors (Lipinski definition) is 4. The van der Waals surface area contributed by atoms with Crippen LogP contribution in [0.3, 0.4) is 0 Å². The molecule has 1 fully saturated rings. The highest BCUT2D eigenvalue weighted by atomic mass is 32.1. The van der Waals surface area contributed by atoms with Gasteiger partial charge in [0, 0.05) is 35.5 Å². The van der Waals surface area contributed by atoms with Gasteiger partial charge in [-0.25, -0.2) is 0 Å². The Morgan fingerprint density at radius 2 is 2.35 bits per heavy atom. The number of nitrogens with zero attached hydrogens (tertiary/aromatic N) is 1. The molecule has 0 bridgehead atoms. The molecule has 3 nitrogen and oxygen atoms in total. The molecule has 2 N–H and O–H groups in total. The molecule has 1 aromatic rings. The molecular formula is C13H22N2OS. The van der Waals surface area contributed by atoms with Gasteiger partial charge >= 0.3 is 0 Å². The SMILES string of the molecule is Cc1sc(CN)cc1CN(C)C1CCOC1C. The number of ether oxygens (including phenoxy) is 1. The summed E-state index contributed by atoms with van der Waals surface area (Å²) in [6.07, 6.45) is 1.50. The molecule has 4 heteroatoms. The van der Waals surface area contributed by atoms with E-state index >= 15 is 0 Å². The predicted molar refractivity (Wildman–Crippen MR) is 72.2 cm³/mol. The summed E-state index contributed by atoms with van der Waals surface area (Å²) in [6.45, 7) is 6.90. The average Bonchev–Trinajstić information content (AvgIpc) is 2.86. The van der Waals surface area contributed by atoms with E-state index in [1.54, 1.807) is 0 Å². The minimum atomic E-state index is 0.355. The minimum absolute atomic E-state index is 0.355. The maximum atomic E-state index is 5.68. The number of hydrogen-bond donors (Lipinski definition) is 1. The molecule has 1 aromatic heterocycles. The Labute approximate surface area is 108 Å². The molecule has 0 radical (unpaired) electrons. The Hall–Kier alpha value is -0.420. The van der Waals surface area contributed by atoms with E-state index in [-0.39, 0.29) is 0 Å². The maximum absolute atomic E-state index is 5.68. The van der Waals surface area contributed by atoms with Crippen molar-refractivity contribution in [3.63, 3.8) is 0 Å². The highest BCUT2D eigenvalue weighted by Crippen LogP contribution is 2.25. The lowest BCUT2D eigenvalue weighted by Gasteiger charge is -2.26. The van der Waals surface area contributed by atoms with Crippen molar-refractivity contribution in [2.24, 2.45) is 5.73 Å². The molecule has 2 unspecified atom stereocenters. The van der Waals surface area contributed by atoms with Crippen LogP contribution in [0.15, 0.2) is 6.07 Å². The largest absolute Gasteiger partial charge is 0.377 e. The molecule has 2 rings (SSSR count). The first-order valence-electron chi connectivity index (χ1n) is 6.22. The quantitative estimate of drug-likeness (QED) is 0.894. The molecule has 0 aliphatic carbocycles. The van der Waals surface area contributed by atoms with E-state index in [4.69, 9.17) is 10.5 Å². The van der Waals surface area contributed by atoms with Gasteiger partial charge in [-0.15, -0.1) is 11.3 Å². The van der Waals surface area contributed by atoms with Gasteiger partial charge in [0.2, 0.25) is 0 Å². The molecule has 17 heavy (non-hydrogen) atoms. The van der Waals surface area contributed by atoms with Crippen LogP contribution in [0.1, 0.15) is 28.7 Å². The third-order valence-corrected chi connectivity index (χ3v) is 4.71. The highest BCUT2D eigenvalue weighted by molar-refractivity contribution is 7.12. The lowest BCUT2D eigenvalue weighted by atomic mass is 10.1. The monoisotopic (exact) mass is 254 g/mol. The van der Waals surface area contributed by atoms with Crippen LogP contribution in [0.4, 0.5) is 0 Å². The van der Waals surface area contributed by atoms with Gasteiger partial charge in [0.05, 0.1) is 6.10 Å². The van der Waals surface area contributed by atoms with E-state index in [1.807, 2.05) is 11.3 Å². The topological polar surface area (TPSA) is 38.5 Å². The van der Waals surface area contributed by atoms with Crippen LogP contribution < -0.4 is 5.73 Å². The zero-order valence-corrected chi connectivity index (χ0v) is 11.7. The van der Waals surface area contributed by atoms with E-state index in [0.29, 0.717) is 18.7 Å². The van der Waals surface area contributed by atoms with Crippen LogP contribution in [-0.2, 0) is 17.8 Å². The Morgan fingerprint density at radius 1 is 1.59 bits per heavy atom. The maximum Gasteiger partial charge on any atom is 0.0703 e. The fourth-order valence-corrected chi connectivity index (χ4v) is 3.46. The number of aryl methyl sites for hydroxylation is 1. The van der Waals surface area contributed by atoms with Gasteiger partial charge in [0.15, 0.2) is 0 Å². The summed E-state index contributed by atoms with van der Waals surface area (Å²) in [7, 11) is 2.19. The molecular weight excluding hydrogens is 232 g/mol. The van der Waals surface area contributed by atoms with E-state index in [9.17, 15) is 0 Å². The summed E-state index contributed by atoms with van der Waals surface area (Å²) >= 11 is 1.82. The molecule has 0 saturated carbocycles. The second kappa shape index (κ2) is 5.48. The van der Waals surface area contributed by atoms with Gasteiger partial charge in [-0.05, 0) is 38.9 Å².